The Morgan fingerprint density at radius 2 is 2.40 bits per heavy atom. The third-order valence-electron chi connectivity index (χ3n) is 2.76. The second-order valence-electron chi connectivity index (χ2n) is 3.83. The Morgan fingerprint density at radius 3 is 3.20 bits per heavy atom. The van der Waals surface area contributed by atoms with Gasteiger partial charge >= 0.3 is 0 Å². The van der Waals surface area contributed by atoms with Crippen LogP contribution >= 0.6 is 15.9 Å². The third-order valence-corrected chi connectivity index (χ3v) is 3.26. The summed E-state index contributed by atoms with van der Waals surface area (Å²) in [6.45, 7) is 1.64. The number of aromatic nitrogens is 2. The normalized spacial score (nSPS) is 21.3. The molecular formula is C11H11BrN2O. The summed E-state index contributed by atoms with van der Waals surface area (Å²) in [5.74, 6) is 0. The average Bonchev–Trinajstić information content (AvgIpc) is 2.84. The number of hydrogen-bond donors (Lipinski definition) is 0. The molecule has 0 aliphatic carbocycles. The van der Waals surface area contributed by atoms with Gasteiger partial charge in [0.2, 0.25) is 0 Å². The van der Waals surface area contributed by atoms with Gasteiger partial charge in [0.05, 0.1) is 18.2 Å². The van der Waals surface area contributed by atoms with E-state index in [0.29, 0.717) is 6.04 Å². The minimum atomic E-state index is 0.413. The van der Waals surface area contributed by atoms with E-state index < -0.39 is 0 Å². The molecule has 0 bridgehead atoms. The molecule has 0 amide bonds. The van der Waals surface area contributed by atoms with Crippen molar-refractivity contribution in [3.8, 4) is 0 Å². The van der Waals surface area contributed by atoms with E-state index in [1.54, 1.807) is 0 Å². The highest BCUT2D eigenvalue weighted by Gasteiger charge is 2.18. The van der Waals surface area contributed by atoms with E-state index in [0.717, 1.165) is 29.6 Å². The molecule has 3 nitrogen and oxygen atoms in total. The summed E-state index contributed by atoms with van der Waals surface area (Å²) in [7, 11) is 0. The molecular weight excluding hydrogens is 256 g/mol. The molecule has 0 radical (unpaired) electrons. The molecule has 3 rings (SSSR count). The largest absolute Gasteiger partial charge is 0.379 e. The maximum atomic E-state index is 5.36. The van der Waals surface area contributed by atoms with E-state index in [2.05, 4.69) is 33.3 Å². The molecule has 78 valence electrons. The molecule has 1 unspecified atom stereocenters. The van der Waals surface area contributed by atoms with Crippen LogP contribution in [0.25, 0.3) is 10.9 Å². The van der Waals surface area contributed by atoms with Crippen LogP contribution in [-0.2, 0) is 4.74 Å². The number of halogens is 1. The van der Waals surface area contributed by atoms with E-state index in [9.17, 15) is 0 Å². The molecule has 0 saturated carbocycles. The number of nitrogens with zero attached hydrogens (tertiary/aromatic N) is 2. The lowest BCUT2D eigenvalue weighted by atomic mass is 10.2. The monoisotopic (exact) mass is 266 g/mol. The minimum Gasteiger partial charge on any atom is -0.379 e. The summed E-state index contributed by atoms with van der Waals surface area (Å²) in [5, 5.41) is 5.73. The topological polar surface area (TPSA) is 27.1 Å². The highest BCUT2D eigenvalue weighted by molar-refractivity contribution is 9.10. The SMILES string of the molecule is Brc1ccc2nn(C3CCOC3)cc2c1. The summed E-state index contributed by atoms with van der Waals surface area (Å²) in [6, 6.07) is 6.56. The van der Waals surface area contributed by atoms with Crippen LogP contribution in [0.3, 0.4) is 0 Å². The van der Waals surface area contributed by atoms with Crippen LogP contribution in [0.15, 0.2) is 28.9 Å². The van der Waals surface area contributed by atoms with Gasteiger partial charge in [-0.05, 0) is 24.6 Å². The fraction of sp³-hybridized carbons (Fsp3) is 0.364. The van der Waals surface area contributed by atoms with Crippen LogP contribution in [0.4, 0.5) is 0 Å². The Balaban J connectivity index is 2.05. The van der Waals surface area contributed by atoms with E-state index in [-0.39, 0.29) is 0 Å². The van der Waals surface area contributed by atoms with Gasteiger partial charge in [0, 0.05) is 22.7 Å². The number of hydrogen-bond acceptors (Lipinski definition) is 2. The van der Waals surface area contributed by atoms with Crippen molar-refractivity contribution in [2.45, 2.75) is 12.5 Å². The Hall–Kier alpha value is -0.870. The summed E-state index contributed by atoms with van der Waals surface area (Å²) < 4.78 is 8.49. The molecule has 1 aromatic heterocycles. The zero-order valence-corrected chi connectivity index (χ0v) is 9.77. The van der Waals surface area contributed by atoms with E-state index >= 15 is 0 Å². The van der Waals surface area contributed by atoms with Crippen molar-refractivity contribution in [2.24, 2.45) is 0 Å². The molecule has 15 heavy (non-hydrogen) atoms. The van der Waals surface area contributed by atoms with Gasteiger partial charge in [0.1, 0.15) is 0 Å². The first-order valence-corrected chi connectivity index (χ1v) is 5.84. The van der Waals surface area contributed by atoms with Crippen molar-refractivity contribution in [1.82, 2.24) is 9.78 Å². The maximum Gasteiger partial charge on any atom is 0.0924 e. The number of rotatable bonds is 1. The van der Waals surface area contributed by atoms with Crippen LogP contribution in [0, 0.1) is 0 Å². The summed E-state index contributed by atoms with van der Waals surface area (Å²) in [6.07, 6.45) is 3.16. The molecule has 0 spiro atoms. The minimum absolute atomic E-state index is 0.413. The molecule has 0 N–H and O–H groups in total. The van der Waals surface area contributed by atoms with Crippen LogP contribution in [0.1, 0.15) is 12.5 Å². The molecule has 1 aliphatic rings. The van der Waals surface area contributed by atoms with Gasteiger partial charge in [-0.25, -0.2) is 0 Å². The summed E-state index contributed by atoms with van der Waals surface area (Å²) in [5.41, 5.74) is 1.05. The molecule has 1 atom stereocenters. The van der Waals surface area contributed by atoms with Crippen LogP contribution < -0.4 is 0 Å². The lowest BCUT2D eigenvalue weighted by molar-refractivity contribution is 0.184. The zero-order valence-electron chi connectivity index (χ0n) is 8.19. The Labute approximate surface area is 96.2 Å². The lowest BCUT2D eigenvalue weighted by Gasteiger charge is -2.06. The number of ether oxygens (including phenoxy) is 1. The second kappa shape index (κ2) is 3.61. The van der Waals surface area contributed by atoms with Gasteiger partial charge in [-0.2, -0.15) is 5.10 Å². The molecule has 1 aliphatic heterocycles. The van der Waals surface area contributed by atoms with Crippen molar-refractivity contribution >= 4 is 26.8 Å². The van der Waals surface area contributed by atoms with Crippen molar-refractivity contribution in [1.29, 1.82) is 0 Å². The van der Waals surface area contributed by atoms with Crippen molar-refractivity contribution in [3.05, 3.63) is 28.9 Å². The van der Waals surface area contributed by atoms with Crippen LogP contribution in [0.5, 0.6) is 0 Å². The molecule has 1 fully saturated rings. The van der Waals surface area contributed by atoms with Crippen LogP contribution in [-0.4, -0.2) is 23.0 Å². The van der Waals surface area contributed by atoms with Gasteiger partial charge in [0.25, 0.3) is 0 Å². The third kappa shape index (κ3) is 1.68. The van der Waals surface area contributed by atoms with Crippen LogP contribution in [0.2, 0.25) is 0 Å². The average molecular weight is 267 g/mol. The molecule has 2 aromatic rings. The second-order valence-corrected chi connectivity index (χ2v) is 4.75. The van der Waals surface area contributed by atoms with Gasteiger partial charge < -0.3 is 4.74 Å². The van der Waals surface area contributed by atoms with Crippen molar-refractivity contribution in [2.75, 3.05) is 13.2 Å². The predicted octanol–water partition coefficient (Wildman–Crippen LogP) is 2.76. The van der Waals surface area contributed by atoms with E-state index in [1.807, 2.05) is 16.8 Å². The highest BCUT2D eigenvalue weighted by Crippen LogP contribution is 2.23. The predicted molar refractivity (Wildman–Crippen MR) is 61.9 cm³/mol. The number of fused-ring (bicyclic) bond motifs is 1. The molecule has 1 saturated heterocycles. The Morgan fingerprint density at radius 1 is 1.47 bits per heavy atom. The molecule has 1 aromatic carbocycles. The quantitative estimate of drug-likeness (QED) is 0.794. The van der Waals surface area contributed by atoms with Crippen molar-refractivity contribution < 1.29 is 4.74 Å². The van der Waals surface area contributed by atoms with Gasteiger partial charge in [0.15, 0.2) is 0 Å². The van der Waals surface area contributed by atoms with E-state index in [4.69, 9.17) is 4.74 Å². The lowest BCUT2D eigenvalue weighted by Crippen LogP contribution is -2.08. The van der Waals surface area contributed by atoms with Gasteiger partial charge in [-0.1, -0.05) is 15.9 Å². The summed E-state index contributed by atoms with van der Waals surface area (Å²) in [4.78, 5) is 0. The van der Waals surface area contributed by atoms with Gasteiger partial charge in [-0.3, -0.25) is 4.68 Å². The number of benzene rings is 1. The standard InChI is InChI=1S/C11H11BrN2O/c12-9-1-2-11-8(5-9)6-14(13-11)10-3-4-15-7-10/h1-2,5-6,10H,3-4,7H2. The molecule has 2 heterocycles. The fourth-order valence-electron chi connectivity index (χ4n) is 1.93. The first kappa shape index (κ1) is 9.36. The molecule has 4 heteroatoms. The Bertz CT molecular complexity index is 488. The fourth-order valence-corrected chi connectivity index (χ4v) is 2.31. The first-order chi connectivity index (χ1) is 7.33. The van der Waals surface area contributed by atoms with Crippen molar-refractivity contribution in [3.63, 3.8) is 0 Å². The van der Waals surface area contributed by atoms with E-state index in [1.165, 1.54) is 5.39 Å². The highest BCUT2D eigenvalue weighted by atomic mass is 79.9. The maximum absolute atomic E-state index is 5.36. The summed E-state index contributed by atoms with van der Waals surface area (Å²) >= 11 is 3.46. The Kier molecular flexibility index (Phi) is 2.25. The zero-order chi connectivity index (χ0) is 10.3. The smallest absolute Gasteiger partial charge is 0.0924 e. The first-order valence-electron chi connectivity index (χ1n) is 5.05. The van der Waals surface area contributed by atoms with Gasteiger partial charge in [-0.15, -0.1) is 0 Å².